The van der Waals surface area contributed by atoms with Crippen molar-refractivity contribution in [1.29, 1.82) is 0 Å². The second-order valence-electron chi connectivity index (χ2n) is 10.6. The third kappa shape index (κ3) is 5.71. The van der Waals surface area contributed by atoms with Crippen molar-refractivity contribution in [2.75, 3.05) is 0 Å². The first-order chi connectivity index (χ1) is 10.8. The molecule has 6 heteroatoms. The van der Waals surface area contributed by atoms with E-state index in [2.05, 4.69) is 76.0 Å². The molecule has 2 atom stereocenters. The van der Waals surface area contributed by atoms with Gasteiger partial charge in [-0.05, 0) is 59.7 Å². The van der Waals surface area contributed by atoms with E-state index < -0.39 is 0 Å². The molecule has 156 valence electrons. The van der Waals surface area contributed by atoms with Gasteiger partial charge in [0.15, 0.2) is 0 Å². The molecule has 0 saturated carbocycles. The van der Waals surface area contributed by atoms with Crippen LogP contribution in [0.15, 0.2) is 9.98 Å². The summed E-state index contributed by atoms with van der Waals surface area (Å²) in [6, 6.07) is 0. The molecule has 0 amide bonds. The summed E-state index contributed by atoms with van der Waals surface area (Å²) in [5.74, 6) is 3.56. The number of amidine groups is 2. The van der Waals surface area contributed by atoms with Gasteiger partial charge < -0.3 is 20.6 Å². The molecule has 4 aliphatic rings. The topological polar surface area (TPSA) is 52.9 Å². The number of aliphatic imine (C=N–C) groups is 2. The smallest absolute Gasteiger partial charge is 0.463 e. The summed E-state index contributed by atoms with van der Waals surface area (Å²) >= 11 is 0. The van der Waals surface area contributed by atoms with Crippen molar-refractivity contribution in [2.24, 2.45) is 21.8 Å². The summed E-state index contributed by atoms with van der Waals surface area (Å²) in [5, 5.41) is 9.26. The molecule has 0 radical (unpaired) electrons. The Hall–Kier alpha value is 0.421. The van der Waals surface area contributed by atoms with Crippen molar-refractivity contribution in [3.05, 3.63) is 10.6 Å². The molecule has 0 aliphatic carbocycles. The van der Waals surface area contributed by atoms with Crippen molar-refractivity contribution in [1.82, 2.24) is 0 Å². The second-order valence-corrected chi connectivity index (χ2v) is 10.6. The molecule has 4 heterocycles. The Balaban J connectivity index is 0.000000241. The van der Waals surface area contributed by atoms with Gasteiger partial charge in [0.2, 0.25) is 0 Å². The Morgan fingerprint density at radius 2 is 0.923 bits per heavy atom. The Kier molecular flexibility index (Phi) is 7.23. The first-order valence-electron chi connectivity index (χ1n) is 9.41. The van der Waals surface area contributed by atoms with E-state index >= 15 is 0 Å². The Bertz CT molecular complexity index is 539. The number of hydrogen-bond donors (Lipinski definition) is 0. The third-order valence-corrected chi connectivity index (χ3v) is 5.38. The minimum Gasteiger partial charge on any atom is -0.463 e. The maximum atomic E-state index is 4.63. The van der Waals surface area contributed by atoms with Crippen LogP contribution in [0.1, 0.15) is 81.1 Å². The Labute approximate surface area is 191 Å². The first kappa shape index (κ1) is 24.5. The van der Waals surface area contributed by atoms with E-state index in [9.17, 15) is 0 Å². The van der Waals surface area contributed by atoms with Crippen molar-refractivity contribution in [3.63, 3.8) is 0 Å². The van der Waals surface area contributed by atoms with Crippen LogP contribution < -0.4 is 0 Å². The van der Waals surface area contributed by atoms with Crippen LogP contribution >= 0.6 is 0 Å². The monoisotopic (exact) mass is 724 g/mol. The molecular formula is C20H34Au2N4. The predicted octanol–water partition coefficient (Wildman–Crippen LogP) is 5.47. The molecule has 4 nitrogen and oxygen atoms in total. The van der Waals surface area contributed by atoms with E-state index in [0.717, 1.165) is 11.7 Å². The van der Waals surface area contributed by atoms with Gasteiger partial charge in [-0.25, -0.2) is 0 Å². The molecule has 4 rings (SSSR count). The van der Waals surface area contributed by atoms with E-state index in [1.54, 1.807) is 0 Å². The molecule has 26 heavy (non-hydrogen) atoms. The molecule has 0 aromatic heterocycles. The number of fused-ring (bicyclic) bond motifs is 2. The zero-order valence-corrected chi connectivity index (χ0v) is 21.7. The predicted molar refractivity (Wildman–Crippen MR) is 103 cm³/mol. The SMILES string of the molecule is CC1(C)C[C@@H]2CC(C)(C)[N-]C2=N1.CC1(C)C[C@H]2CC(C)(C)[N-]C2=N1.[Au+].[Au+]. The molecule has 0 bridgehead atoms. The van der Waals surface area contributed by atoms with Crippen LogP contribution in [0.4, 0.5) is 0 Å². The quantitative estimate of drug-likeness (QED) is 0.298. The standard InChI is InChI=1S/2C10H17N2.2Au/c2*1-9(2)5-7-6-10(3,4)12-8(7)11-9;;/h2*7H,5-6H2,1-4H3;;/q2*-1;2*+1. The van der Waals surface area contributed by atoms with Gasteiger partial charge in [0, 0.05) is 0 Å². The molecule has 4 aliphatic heterocycles. The van der Waals surface area contributed by atoms with Gasteiger partial charge in [0.25, 0.3) is 0 Å². The summed E-state index contributed by atoms with van der Waals surface area (Å²) in [6.45, 7) is 17.6. The van der Waals surface area contributed by atoms with Gasteiger partial charge >= 0.3 is 44.8 Å². The van der Waals surface area contributed by atoms with Crippen molar-refractivity contribution in [3.8, 4) is 0 Å². The first-order valence-corrected chi connectivity index (χ1v) is 9.41. The van der Waals surface area contributed by atoms with E-state index in [0.29, 0.717) is 11.8 Å². The normalized spacial score (nSPS) is 32.9. The fourth-order valence-corrected chi connectivity index (χ4v) is 4.76. The molecule has 0 aromatic carbocycles. The van der Waals surface area contributed by atoms with Crippen molar-refractivity contribution in [2.45, 2.75) is 103 Å². The minimum atomic E-state index is 0. The fourth-order valence-electron chi connectivity index (χ4n) is 4.76. The van der Waals surface area contributed by atoms with Gasteiger partial charge in [-0.3, -0.25) is 0 Å². The molecule has 2 saturated heterocycles. The van der Waals surface area contributed by atoms with Crippen LogP contribution in [0.2, 0.25) is 0 Å². The van der Waals surface area contributed by atoms with E-state index in [1.165, 1.54) is 25.7 Å². The van der Waals surface area contributed by atoms with Gasteiger partial charge in [0.1, 0.15) is 0 Å². The zero-order valence-electron chi connectivity index (χ0n) is 17.4. The number of hydrogen-bond acceptors (Lipinski definition) is 2. The van der Waals surface area contributed by atoms with Crippen LogP contribution in [0.5, 0.6) is 0 Å². The summed E-state index contributed by atoms with van der Waals surface area (Å²) in [7, 11) is 0. The van der Waals surface area contributed by atoms with Crippen molar-refractivity contribution < 1.29 is 44.8 Å². The average Bonchev–Trinajstić information content (AvgIpc) is 2.89. The van der Waals surface area contributed by atoms with Gasteiger partial charge in [0.05, 0.1) is 0 Å². The summed E-state index contributed by atoms with van der Waals surface area (Å²) < 4.78 is 0. The molecule has 0 spiro atoms. The molecule has 0 aromatic rings. The zero-order chi connectivity index (χ0) is 18.0. The van der Waals surface area contributed by atoms with Crippen LogP contribution in [0.25, 0.3) is 10.6 Å². The van der Waals surface area contributed by atoms with Crippen LogP contribution in [-0.4, -0.2) is 33.8 Å². The van der Waals surface area contributed by atoms with Gasteiger partial charge in [-0.2, -0.15) is 0 Å². The van der Waals surface area contributed by atoms with E-state index in [1.807, 2.05) is 0 Å². The summed E-state index contributed by atoms with van der Waals surface area (Å²) in [5.41, 5.74) is 0.611. The van der Waals surface area contributed by atoms with Gasteiger partial charge in [-0.15, -0.1) is 0 Å². The maximum absolute atomic E-state index is 4.63. The average molecular weight is 724 g/mol. The van der Waals surface area contributed by atoms with Crippen molar-refractivity contribution >= 4 is 11.7 Å². The molecule has 0 N–H and O–H groups in total. The number of nitrogens with zero attached hydrogens (tertiary/aromatic N) is 4. The summed E-state index contributed by atoms with van der Waals surface area (Å²) in [4.78, 5) is 9.26. The molecule has 2 fully saturated rings. The van der Waals surface area contributed by atoms with E-state index in [-0.39, 0.29) is 66.9 Å². The Morgan fingerprint density at radius 1 is 0.615 bits per heavy atom. The minimum absolute atomic E-state index is 0. The summed E-state index contributed by atoms with van der Waals surface area (Å²) in [6.07, 6.45) is 4.76. The number of rotatable bonds is 0. The molecular weight excluding hydrogens is 690 g/mol. The van der Waals surface area contributed by atoms with E-state index in [4.69, 9.17) is 0 Å². The van der Waals surface area contributed by atoms with Crippen LogP contribution in [0, 0.1) is 11.8 Å². The second kappa shape index (κ2) is 7.68. The fraction of sp³-hybridized carbons (Fsp3) is 0.900. The van der Waals surface area contributed by atoms with Crippen LogP contribution in [-0.2, 0) is 44.8 Å². The van der Waals surface area contributed by atoms with Gasteiger partial charge in [-0.1, -0.05) is 67.1 Å². The Morgan fingerprint density at radius 3 is 1.19 bits per heavy atom. The molecule has 0 unspecified atom stereocenters. The third-order valence-electron chi connectivity index (χ3n) is 5.38. The van der Waals surface area contributed by atoms with Crippen LogP contribution in [0.3, 0.4) is 0 Å². The largest absolute Gasteiger partial charge is 1.00 e. The maximum Gasteiger partial charge on any atom is 1.00 e.